The first-order chi connectivity index (χ1) is 12.2. The van der Waals surface area contributed by atoms with Gasteiger partial charge in [-0.3, -0.25) is 4.79 Å². The Balaban J connectivity index is 1.59. The van der Waals surface area contributed by atoms with Gasteiger partial charge in [0, 0.05) is 13.0 Å². The number of para-hydroxylation sites is 1. The maximum atomic E-state index is 11.2. The fraction of sp³-hybridized carbons (Fsp3) is 0.350. The second-order valence-corrected chi connectivity index (χ2v) is 6.14. The first kappa shape index (κ1) is 17.1. The van der Waals surface area contributed by atoms with Crippen molar-refractivity contribution in [2.75, 3.05) is 27.4 Å². The van der Waals surface area contributed by atoms with Gasteiger partial charge in [-0.25, -0.2) is 0 Å². The molecule has 0 saturated carbocycles. The summed E-state index contributed by atoms with van der Waals surface area (Å²) in [7, 11) is 3.26. The molecule has 1 N–H and O–H groups in total. The predicted molar refractivity (Wildman–Crippen MR) is 95.4 cm³/mol. The number of hydrogen-bond acceptors (Lipinski definition) is 4. The van der Waals surface area contributed by atoms with Crippen LogP contribution in [0.5, 0.6) is 17.2 Å². The molecule has 1 amide bonds. The van der Waals surface area contributed by atoms with Gasteiger partial charge in [-0.1, -0.05) is 24.3 Å². The minimum Gasteiger partial charge on any atom is -0.493 e. The van der Waals surface area contributed by atoms with Crippen LogP contribution in [0.25, 0.3) is 0 Å². The van der Waals surface area contributed by atoms with Gasteiger partial charge in [-0.2, -0.15) is 0 Å². The lowest BCUT2D eigenvalue weighted by Gasteiger charge is -2.26. The van der Waals surface area contributed by atoms with Gasteiger partial charge in [0.15, 0.2) is 18.1 Å². The molecule has 132 valence electrons. The second kappa shape index (κ2) is 7.92. The van der Waals surface area contributed by atoms with Crippen LogP contribution in [-0.2, 0) is 17.6 Å². The molecule has 0 bridgehead atoms. The Labute approximate surface area is 147 Å². The van der Waals surface area contributed by atoms with Crippen molar-refractivity contribution in [2.24, 2.45) is 5.92 Å². The van der Waals surface area contributed by atoms with E-state index in [4.69, 9.17) is 14.2 Å². The van der Waals surface area contributed by atoms with Gasteiger partial charge >= 0.3 is 0 Å². The van der Waals surface area contributed by atoms with E-state index >= 15 is 0 Å². The number of carbonyl (C=O) groups is 1. The highest BCUT2D eigenvalue weighted by molar-refractivity contribution is 5.77. The molecule has 0 fully saturated rings. The van der Waals surface area contributed by atoms with Crippen LogP contribution in [-0.4, -0.2) is 33.3 Å². The number of benzene rings is 2. The minimum absolute atomic E-state index is 0.0327. The number of likely N-dealkylation sites (N-methyl/N-ethyl adjacent to an activating group) is 1. The van der Waals surface area contributed by atoms with E-state index in [0.29, 0.717) is 18.3 Å². The zero-order valence-corrected chi connectivity index (χ0v) is 14.6. The number of hydrogen-bond donors (Lipinski definition) is 1. The van der Waals surface area contributed by atoms with Crippen molar-refractivity contribution >= 4 is 5.91 Å². The Morgan fingerprint density at radius 1 is 1.24 bits per heavy atom. The lowest BCUT2D eigenvalue weighted by Crippen LogP contribution is -2.24. The van der Waals surface area contributed by atoms with Gasteiger partial charge in [0.05, 0.1) is 13.7 Å². The fourth-order valence-electron chi connectivity index (χ4n) is 3.02. The van der Waals surface area contributed by atoms with E-state index in [2.05, 4.69) is 11.4 Å². The van der Waals surface area contributed by atoms with Crippen LogP contribution < -0.4 is 19.5 Å². The van der Waals surface area contributed by atoms with E-state index in [1.165, 1.54) is 11.1 Å². The Bertz CT molecular complexity index is 727. The molecule has 3 rings (SSSR count). The molecular weight excluding hydrogens is 318 g/mol. The molecule has 1 aliphatic heterocycles. The van der Waals surface area contributed by atoms with E-state index in [0.717, 1.165) is 24.3 Å². The van der Waals surface area contributed by atoms with Crippen molar-refractivity contribution in [3.63, 3.8) is 0 Å². The Morgan fingerprint density at radius 3 is 2.76 bits per heavy atom. The van der Waals surface area contributed by atoms with E-state index in [1.54, 1.807) is 14.2 Å². The Morgan fingerprint density at radius 2 is 2.04 bits per heavy atom. The molecule has 0 saturated heterocycles. The normalized spacial score (nSPS) is 15.7. The number of nitrogens with one attached hydrogen (secondary N) is 1. The number of ether oxygens (including phenoxy) is 3. The first-order valence-electron chi connectivity index (χ1n) is 8.40. The molecule has 1 aliphatic rings. The molecular formula is C20H23NO4. The fourth-order valence-corrected chi connectivity index (χ4v) is 3.02. The third kappa shape index (κ3) is 4.24. The molecule has 2 aromatic rings. The molecule has 1 unspecified atom stereocenters. The number of fused-ring (bicyclic) bond motifs is 1. The van der Waals surface area contributed by atoms with Crippen LogP contribution in [0.3, 0.4) is 0 Å². The van der Waals surface area contributed by atoms with Gasteiger partial charge < -0.3 is 19.5 Å². The van der Waals surface area contributed by atoms with Gasteiger partial charge in [-0.15, -0.1) is 0 Å². The highest BCUT2D eigenvalue weighted by Gasteiger charge is 2.22. The summed E-state index contributed by atoms with van der Waals surface area (Å²) in [5, 5.41) is 2.53. The number of rotatable bonds is 6. The lowest BCUT2D eigenvalue weighted by atomic mass is 9.91. The summed E-state index contributed by atoms with van der Waals surface area (Å²) in [5.74, 6) is 2.66. The number of amides is 1. The molecule has 5 heteroatoms. The summed E-state index contributed by atoms with van der Waals surface area (Å²) in [5.41, 5.74) is 2.42. The average Bonchev–Trinajstić information content (AvgIpc) is 2.66. The zero-order chi connectivity index (χ0) is 17.6. The Kier molecular flexibility index (Phi) is 5.43. The molecule has 0 radical (unpaired) electrons. The molecule has 0 aromatic heterocycles. The SMILES string of the molecule is CNC(=O)COc1ccc(CC2COc3c(cccc3OC)C2)cc1. The standard InChI is InChI=1S/C20H23NO4/c1-21-19(22)13-24-17-8-6-14(7-9-17)10-15-11-16-4-3-5-18(23-2)20(16)25-12-15/h3-9,15H,10-13H2,1-2H3,(H,21,22). The van der Waals surface area contributed by atoms with Crippen LogP contribution in [0.1, 0.15) is 11.1 Å². The van der Waals surface area contributed by atoms with E-state index in [1.807, 2.05) is 36.4 Å². The maximum Gasteiger partial charge on any atom is 0.257 e. The van der Waals surface area contributed by atoms with Gasteiger partial charge in [-0.05, 0) is 42.2 Å². The Hall–Kier alpha value is -2.69. The highest BCUT2D eigenvalue weighted by atomic mass is 16.5. The smallest absolute Gasteiger partial charge is 0.257 e. The topological polar surface area (TPSA) is 56.8 Å². The van der Waals surface area contributed by atoms with Crippen LogP contribution in [0.15, 0.2) is 42.5 Å². The average molecular weight is 341 g/mol. The summed E-state index contributed by atoms with van der Waals surface area (Å²) in [6.07, 6.45) is 1.91. The minimum atomic E-state index is -0.141. The molecule has 0 spiro atoms. The van der Waals surface area contributed by atoms with E-state index in [9.17, 15) is 4.79 Å². The molecule has 2 aromatic carbocycles. The van der Waals surface area contributed by atoms with Gasteiger partial charge in [0.1, 0.15) is 5.75 Å². The number of methoxy groups -OCH3 is 1. The third-order valence-electron chi connectivity index (χ3n) is 4.35. The van der Waals surface area contributed by atoms with Crippen molar-refractivity contribution in [3.05, 3.63) is 53.6 Å². The summed E-state index contributed by atoms with van der Waals surface area (Å²) in [6.45, 7) is 0.716. The summed E-state index contributed by atoms with van der Waals surface area (Å²) in [6, 6.07) is 13.9. The maximum absolute atomic E-state index is 11.2. The van der Waals surface area contributed by atoms with Crippen molar-refractivity contribution in [1.82, 2.24) is 5.32 Å². The molecule has 0 aliphatic carbocycles. The highest BCUT2D eigenvalue weighted by Crippen LogP contribution is 2.36. The summed E-state index contributed by atoms with van der Waals surface area (Å²) in [4.78, 5) is 11.2. The predicted octanol–water partition coefficient (Wildman–Crippen LogP) is 2.61. The van der Waals surface area contributed by atoms with Crippen molar-refractivity contribution in [3.8, 4) is 17.2 Å². The summed E-state index contributed by atoms with van der Waals surface area (Å²) < 4.78 is 16.7. The molecule has 5 nitrogen and oxygen atoms in total. The van der Waals surface area contributed by atoms with Crippen molar-refractivity contribution in [2.45, 2.75) is 12.8 Å². The van der Waals surface area contributed by atoms with Crippen LogP contribution in [0, 0.1) is 5.92 Å². The largest absolute Gasteiger partial charge is 0.493 e. The van der Waals surface area contributed by atoms with Crippen LogP contribution in [0.2, 0.25) is 0 Å². The van der Waals surface area contributed by atoms with Crippen molar-refractivity contribution < 1.29 is 19.0 Å². The molecule has 1 heterocycles. The van der Waals surface area contributed by atoms with E-state index < -0.39 is 0 Å². The van der Waals surface area contributed by atoms with E-state index in [-0.39, 0.29) is 12.5 Å². The molecule has 25 heavy (non-hydrogen) atoms. The quantitative estimate of drug-likeness (QED) is 0.877. The third-order valence-corrected chi connectivity index (χ3v) is 4.35. The molecule has 1 atom stereocenters. The first-order valence-corrected chi connectivity index (χ1v) is 8.40. The van der Waals surface area contributed by atoms with Crippen molar-refractivity contribution in [1.29, 1.82) is 0 Å². The number of carbonyl (C=O) groups excluding carboxylic acids is 1. The zero-order valence-electron chi connectivity index (χ0n) is 14.6. The monoisotopic (exact) mass is 341 g/mol. The van der Waals surface area contributed by atoms with Gasteiger partial charge in [0.2, 0.25) is 0 Å². The lowest BCUT2D eigenvalue weighted by molar-refractivity contribution is -0.122. The van der Waals surface area contributed by atoms with Gasteiger partial charge in [0.25, 0.3) is 5.91 Å². The van der Waals surface area contributed by atoms with Crippen LogP contribution >= 0.6 is 0 Å². The van der Waals surface area contributed by atoms with Crippen LogP contribution in [0.4, 0.5) is 0 Å². The second-order valence-electron chi connectivity index (χ2n) is 6.14. The summed E-state index contributed by atoms with van der Waals surface area (Å²) >= 11 is 0.